The third-order valence-electron chi connectivity index (χ3n) is 14.6. The third-order valence-corrected chi connectivity index (χ3v) is 15.7. The van der Waals surface area contributed by atoms with Crippen LogP contribution in [0.2, 0.25) is 0 Å². The summed E-state index contributed by atoms with van der Waals surface area (Å²) in [5.74, 6) is 0. The molecule has 3 nitrogen and oxygen atoms in total. The molecule has 0 radical (unpaired) electrons. The monoisotopic (exact) mass is 907 g/mol. The quantitative estimate of drug-likeness (QED) is 0.162. The Bertz CT molecular complexity index is 4590. The Balaban J connectivity index is 0.903. The molecule has 0 spiro atoms. The van der Waals surface area contributed by atoms with Crippen LogP contribution in [0.4, 0.5) is 17.1 Å². The molecule has 0 aliphatic rings. The maximum absolute atomic E-state index is 2.48. The van der Waals surface area contributed by atoms with Crippen LogP contribution in [-0.4, -0.2) is 9.13 Å². The van der Waals surface area contributed by atoms with Gasteiger partial charge >= 0.3 is 0 Å². The summed E-state index contributed by atoms with van der Waals surface area (Å²) in [6, 6.07) is 91.9. The van der Waals surface area contributed by atoms with E-state index in [1.54, 1.807) is 0 Å². The van der Waals surface area contributed by atoms with Crippen LogP contribution in [0.15, 0.2) is 249 Å². The molecule has 326 valence electrons. The van der Waals surface area contributed by atoms with Gasteiger partial charge in [0.25, 0.3) is 0 Å². The number of hydrogen-bond acceptors (Lipinski definition) is 2. The molecule has 4 heteroatoms. The average Bonchev–Trinajstić information content (AvgIpc) is 4.08. The lowest BCUT2D eigenvalue weighted by Gasteiger charge is -2.26. The van der Waals surface area contributed by atoms with Gasteiger partial charge in [-0.3, -0.25) is 0 Å². The largest absolute Gasteiger partial charge is 0.310 e. The standard InChI is InChI=1S/C66H41N3S/c1-2-18-48(19-3-1)68-61-39-47-16-5-4-15-46(47)38-59(61)55-34-31-51(40-62(55)68)67(52-32-35-57-56-23-10-11-24-63(56)70-64(57)41-52)49-29-25-42(26-30-49)45-17-12-20-50(37-45)69-60-36-28-43-13-6-8-21-53(43)65(60)58-33-27-44-14-7-9-22-54(44)66(58)69/h1-41H. The highest BCUT2D eigenvalue weighted by molar-refractivity contribution is 7.25. The Hall–Kier alpha value is -8.96. The fourth-order valence-corrected chi connectivity index (χ4v) is 12.6. The molecular weight excluding hydrogens is 867 g/mol. The molecule has 3 aromatic heterocycles. The molecule has 0 fully saturated rings. The van der Waals surface area contributed by atoms with E-state index in [9.17, 15) is 0 Å². The van der Waals surface area contributed by atoms with Gasteiger partial charge in [-0.2, -0.15) is 0 Å². The maximum Gasteiger partial charge on any atom is 0.0619 e. The minimum atomic E-state index is 1.09. The van der Waals surface area contributed by atoms with Crippen LogP contribution < -0.4 is 4.90 Å². The first kappa shape index (κ1) is 39.1. The van der Waals surface area contributed by atoms with E-state index in [0.29, 0.717) is 0 Å². The fourth-order valence-electron chi connectivity index (χ4n) is 11.4. The van der Waals surface area contributed by atoms with Gasteiger partial charge in [0.15, 0.2) is 0 Å². The third kappa shape index (κ3) is 5.94. The van der Waals surface area contributed by atoms with E-state index >= 15 is 0 Å². The zero-order valence-corrected chi connectivity index (χ0v) is 38.7. The second-order valence-corrected chi connectivity index (χ2v) is 19.6. The fraction of sp³-hybridized carbons (Fsp3) is 0. The van der Waals surface area contributed by atoms with Gasteiger partial charge < -0.3 is 14.0 Å². The Morgan fingerprint density at radius 3 is 1.71 bits per heavy atom. The van der Waals surface area contributed by atoms with Crippen LogP contribution in [0.25, 0.3) is 119 Å². The lowest BCUT2D eigenvalue weighted by atomic mass is 10.0. The van der Waals surface area contributed by atoms with Gasteiger partial charge in [-0.05, 0) is 123 Å². The summed E-state index contributed by atoms with van der Waals surface area (Å²) in [6.07, 6.45) is 0. The van der Waals surface area contributed by atoms with Crippen molar-refractivity contribution in [3.63, 3.8) is 0 Å². The molecule has 0 atom stereocenters. The molecule has 0 saturated heterocycles. The number of aromatic nitrogens is 2. The van der Waals surface area contributed by atoms with E-state index in [0.717, 1.165) is 34.0 Å². The topological polar surface area (TPSA) is 13.1 Å². The smallest absolute Gasteiger partial charge is 0.0619 e. The molecule has 12 aromatic carbocycles. The minimum Gasteiger partial charge on any atom is -0.310 e. The molecule has 0 N–H and O–H groups in total. The number of anilines is 3. The van der Waals surface area contributed by atoms with Crippen molar-refractivity contribution in [2.45, 2.75) is 0 Å². The van der Waals surface area contributed by atoms with Gasteiger partial charge in [-0.25, -0.2) is 0 Å². The van der Waals surface area contributed by atoms with Crippen LogP contribution >= 0.6 is 11.3 Å². The highest BCUT2D eigenvalue weighted by atomic mass is 32.1. The van der Waals surface area contributed by atoms with Gasteiger partial charge in [0.05, 0.1) is 22.1 Å². The second kappa shape index (κ2) is 15.3. The number of para-hydroxylation sites is 1. The summed E-state index contributed by atoms with van der Waals surface area (Å²) in [6.45, 7) is 0. The first-order valence-electron chi connectivity index (χ1n) is 24.0. The van der Waals surface area contributed by atoms with Crippen LogP contribution in [0, 0.1) is 0 Å². The van der Waals surface area contributed by atoms with Crippen LogP contribution in [0.5, 0.6) is 0 Å². The van der Waals surface area contributed by atoms with Gasteiger partial charge in [-0.1, -0.05) is 164 Å². The van der Waals surface area contributed by atoms with Crippen molar-refractivity contribution in [1.82, 2.24) is 9.13 Å². The number of thiophene rings is 1. The lowest BCUT2D eigenvalue weighted by Crippen LogP contribution is -2.10. The predicted octanol–water partition coefficient (Wildman–Crippen LogP) is 18.8. The summed E-state index contributed by atoms with van der Waals surface area (Å²) < 4.78 is 7.49. The van der Waals surface area contributed by atoms with Crippen molar-refractivity contribution in [1.29, 1.82) is 0 Å². The Morgan fingerprint density at radius 1 is 0.286 bits per heavy atom. The number of hydrogen-bond donors (Lipinski definition) is 0. The van der Waals surface area contributed by atoms with Crippen LogP contribution in [-0.2, 0) is 0 Å². The van der Waals surface area contributed by atoms with Crippen molar-refractivity contribution in [2.24, 2.45) is 0 Å². The van der Waals surface area contributed by atoms with E-state index in [4.69, 9.17) is 0 Å². The van der Waals surface area contributed by atoms with E-state index in [-0.39, 0.29) is 0 Å². The summed E-state index contributed by atoms with van der Waals surface area (Å²) in [7, 11) is 0. The van der Waals surface area contributed by atoms with E-state index in [1.807, 2.05) is 11.3 Å². The molecule has 0 amide bonds. The van der Waals surface area contributed by atoms with E-state index in [2.05, 4.69) is 263 Å². The van der Waals surface area contributed by atoms with Gasteiger partial charge in [-0.15, -0.1) is 11.3 Å². The number of fused-ring (bicyclic) bond motifs is 14. The molecule has 3 heterocycles. The molecule has 0 saturated carbocycles. The Kier molecular flexibility index (Phi) is 8.53. The summed E-state index contributed by atoms with van der Waals surface area (Å²) in [5, 5.41) is 15.1. The molecule has 0 aliphatic carbocycles. The maximum atomic E-state index is 2.48. The summed E-state index contributed by atoms with van der Waals surface area (Å²) >= 11 is 1.86. The zero-order valence-electron chi connectivity index (χ0n) is 37.9. The van der Waals surface area contributed by atoms with Gasteiger partial charge in [0.2, 0.25) is 0 Å². The SMILES string of the molecule is c1ccc(-n2c3cc(N(c4ccc(-c5cccc(-n6c7ccc8ccccc8c7c7ccc8ccccc8c76)c5)cc4)c4ccc5c(c4)sc4ccccc45)ccc3c3cc4ccccc4cc32)cc1. The van der Waals surface area contributed by atoms with E-state index in [1.165, 1.54) is 102 Å². The van der Waals surface area contributed by atoms with Crippen LogP contribution in [0.3, 0.4) is 0 Å². The Labute approximate surface area is 407 Å². The molecule has 15 rings (SSSR count). The first-order valence-corrected chi connectivity index (χ1v) is 24.8. The van der Waals surface area contributed by atoms with Crippen molar-refractivity contribution in [3.05, 3.63) is 249 Å². The van der Waals surface area contributed by atoms with Gasteiger partial charge in [0, 0.05) is 75.5 Å². The molecule has 0 unspecified atom stereocenters. The number of nitrogens with zero attached hydrogens (tertiary/aromatic N) is 3. The molecule has 70 heavy (non-hydrogen) atoms. The zero-order chi connectivity index (χ0) is 45.9. The van der Waals surface area contributed by atoms with E-state index < -0.39 is 0 Å². The summed E-state index contributed by atoms with van der Waals surface area (Å²) in [4.78, 5) is 2.43. The molecule has 15 aromatic rings. The molecular formula is C66H41N3S. The Morgan fingerprint density at radius 2 is 0.886 bits per heavy atom. The molecule has 0 aliphatic heterocycles. The molecule has 0 bridgehead atoms. The second-order valence-electron chi connectivity index (χ2n) is 18.5. The normalized spacial score (nSPS) is 12.0. The van der Waals surface area contributed by atoms with Crippen molar-refractivity contribution >= 4 is 125 Å². The van der Waals surface area contributed by atoms with Crippen LogP contribution in [0.1, 0.15) is 0 Å². The van der Waals surface area contributed by atoms with Crippen molar-refractivity contribution < 1.29 is 0 Å². The average molecular weight is 908 g/mol. The number of benzene rings is 12. The summed E-state index contributed by atoms with van der Waals surface area (Å²) in [5.41, 5.74) is 12.7. The highest BCUT2D eigenvalue weighted by Gasteiger charge is 2.21. The predicted molar refractivity (Wildman–Crippen MR) is 301 cm³/mol. The first-order chi connectivity index (χ1) is 34.7. The van der Waals surface area contributed by atoms with Gasteiger partial charge in [0.1, 0.15) is 0 Å². The number of rotatable bonds is 6. The van der Waals surface area contributed by atoms with Crippen molar-refractivity contribution in [3.8, 4) is 22.5 Å². The van der Waals surface area contributed by atoms with Crippen molar-refractivity contribution in [2.75, 3.05) is 4.90 Å². The minimum absolute atomic E-state index is 1.09. The highest BCUT2D eigenvalue weighted by Crippen LogP contribution is 2.45. The lowest BCUT2D eigenvalue weighted by molar-refractivity contribution is 1.18.